The van der Waals surface area contributed by atoms with Crippen molar-refractivity contribution in [1.82, 2.24) is 0 Å². The van der Waals surface area contributed by atoms with E-state index in [-0.39, 0.29) is 4.26 Å². The maximum atomic E-state index is 5.60. The van der Waals surface area contributed by atoms with Crippen molar-refractivity contribution in [1.29, 1.82) is 0 Å². The van der Waals surface area contributed by atoms with Crippen molar-refractivity contribution in [2.24, 2.45) is 5.73 Å². The van der Waals surface area contributed by atoms with Crippen molar-refractivity contribution in [2.45, 2.75) is 75.4 Å². The second-order valence-corrected chi connectivity index (χ2v) is 5.18. The van der Waals surface area contributed by atoms with E-state index in [2.05, 4.69) is 28.0 Å². The van der Waals surface area contributed by atoms with Gasteiger partial charge in [0.2, 0.25) is 0 Å². The normalized spacial score (nSPS) is 13.1. The van der Waals surface area contributed by atoms with E-state index in [9.17, 15) is 0 Å². The van der Waals surface area contributed by atoms with Crippen molar-refractivity contribution in [3.63, 3.8) is 0 Å². The fourth-order valence-corrected chi connectivity index (χ4v) is 1.94. The van der Waals surface area contributed by atoms with Gasteiger partial charge in [-0.2, -0.15) is 0 Å². The quantitative estimate of drug-likeness (QED) is 0.482. The second kappa shape index (κ2) is 11.8. The third kappa shape index (κ3) is 12.7. The van der Waals surface area contributed by atoms with Gasteiger partial charge in [-0.15, -0.1) is 0 Å². The van der Waals surface area contributed by atoms with Gasteiger partial charge in [0.1, 0.15) is 0 Å². The minimum atomic E-state index is 0.212. The van der Waals surface area contributed by atoms with Gasteiger partial charge < -0.3 is 0 Å². The maximum absolute atomic E-state index is 5.60. The first-order chi connectivity index (χ1) is 6.77. The molecule has 0 aliphatic carbocycles. The summed E-state index contributed by atoms with van der Waals surface area (Å²) in [5.41, 5.74) is 5.60. The van der Waals surface area contributed by atoms with Crippen LogP contribution in [0.25, 0.3) is 0 Å². The first-order valence-electron chi connectivity index (χ1n) is 6.12. The first kappa shape index (κ1) is 14.7. The summed E-state index contributed by atoms with van der Waals surface area (Å²) in [6, 6.07) is 0. The first-order valence-corrected chi connectivity index (χ1v) is 6.98. The SMILES string of the molecule is CCCCCCCCCCC[CH](N)[Ag]. The van der Waals surface area contributed by atoms with Gasteiger partial charge in [-0.25, -0.2) is 0 Å². The van der Waals surface area contributed by atoms with Crippen molar-refractivity contribution >= 4 is 0 Å². The Morgan fingerprint density at radius 1 is 0.857 bits per heavy atom. The molecular formula is C12H26AgN. The Kier molecular flexibility index (Phi) is 12.4. The molecule has 1 atom stereocenters. The second-order valence-electron chi connectivity index (χ2n) is 4.08. The van der Waals surface area contributed by atoms with Crippen LogP contribution in [0.1, 0.15) is 71.1 Å². The molecule has 2 heteroatoms. The van der Waals surface area contributed by atoms with Gasteiger partial charge in [0.25, 0.3) is 0 Å². The molecule has 1 nitrogen and oxygen atoms in total. The van der Waals surface area contributed by atoms with Gasteiger partial charge in [-0.3, -0.25) is 0 Å². The molecule has 0 bridgehead atoms. The van der Waals surface area contributed by atoms with E-state index in [1.165, 1.54) is 57.8 Å². The molecule has 0 aliphatic rings. The average molecular weight is 292 g/mol. The summed E-state index contributed by atoms with van der Waals surface area (Å²) >= 11 is 3.38. The minimum absolute atomic E-state index is 0.212. The van der Waals surface area contributed by atoms with Crippen LogP contribution in [0.15, 0.2) is 0 Å². The molecule has 0 spiro atoms. The molecule has 0 saturated carbocycles. The van der Waals surface area contributed by atoms with E-state index < -0.39 is 0 Å². The van der Waals surface area contributed by atoms with E-state index in [1.54, 1.807) is 0 Å². The zero-order chi connectivity index (χ0) is 10.6. The molecule has 0 saturated heterocycles. The molecule has 0 heterocycles. The summed E-state index contributed by atoms with van der Waals surface area (Å²) in [5, 5.41) is 0. The third-order valence-corrected chi connectivity index (χ3v) is 2.99. The van der Waals surface area contributed by atoms with Crippen LogP contribution < -0.4 is 5.73 Å². The fraction of sp³-hybridized carbons (Fsp3) is 1.00. The number of unbranched alkanes of at least 4 members (excludes halogenated alkanes) is 8. The van der Waals surface area contributed by atoms with Gasteiger partial charge in [-0.05, 0) is 0 Å². The summed E-state index contributed by atoms with van der Waals surface area (Å²) in [6.45, 7) is 2.27. The number of rotatable bonds is 10. The molecule has 0 fully saturated rings. The Balaban J connectivity index is 2.85. The fourth-order valence-electron chi connectivity index (χ4n) is 1.63. The zero-order valence-corrected chi connectivity index (χ0v) is 11.0. The predicted octanol–water partition coefficient (Wildman–Crippen LogP) is 3.74. The standard InChI is InChI=1S/C12H26N.Ag/c1-2-3-4-5-6-7-8-9-10-11-12-13;/h12H,2-11,13H2,1H3;. The molecule has 0 aromatic heterocycles. The molecule has 0 aliphatic heterocycles. The van der Waals surface area contributed by atoms with Crippen LogP contribution >= 0.6 is 0 Å². The number of hydrogen-bond donors (Lipinski definition) is 1. The third-order valence-electron chi connectivity index (χ3n) is 2.56. The summed E-state index contributed by atoms with van der Waals surface area (Å²) in [6.07, 6.45) is 13.6. The van der Waals surface area contributed by atoms with Gasteiger partial charge in [0, 0.05) is 0 Å². The molecule has 0 aromatic carbocycles. The van der Waals surface area contributed by atoms with Crippen molar-refractivity contribution in [3.8, 4) is 0 Å². The van der Waals surface area contributed by atoms with Crippen LogP contribution in [0.5, 0.6) is 0 Å². The summed E-state index contributed by atoms with van der Waals surface area (Å²) in [7, 11) is 0. The molecule has 0 aromatic rings. The molecule has 1 unspecified atom stereocenters. The molecule has 2 N–H and O–H groups in total. The van der Waals surface area contributed by atoms with E-state index in [0.717, 1.165) is 6.42 Å². The van der Waals surface area contributed by atoms with E-state index in [0.29, 0.717) is 0 Å². The average Bonchev–Trinajstić information content (AvgIpc) is 2.15. The van der Waals surface area contributed by atoms with Crippen molar-refractivity contribution in [3.05, 3.63) is 0 Å². The number of hydrogen-bond acceptors (Lipinski definition) is 1. The summed E-state index contributed by atoms with van der Waals surface area (Å²) < 4.78 is 0.212. The Labute approximate surface area is 102 Å². The van der Waals surface area contributed by atoms with Gasteiger partial charge >= 0.3 is 102 Å². The van der Waals surface area contributed by atoms with Gasteiger partial charge in [0.15, 0.2) is 0 Å². The predicted molar refractivity (Wildman–Crippen MR) is 59.8 cm³/mol. The Morgan fingerprint density at radius 3 is 1.71 bits per heavy atom. The monoisotopic (exact) mass is 291 g/mol. The van der Waals surface area contributed by atoms with E-state index in [4.69, 9.17) is 5.73 Å². The van der Waals surface area contributed by atoms with E-state index >= 15 is 0 Å². The van der Waals surface area contributed by atoms with Crippen LogP contribution in [-0.4, -0.2) is 4.26 Å². The molecule has 0 radical (unpaired) electrons. The zero-order valence-electron chi connectivity index (χ0n) is 9.53. The van der Waals surface area contributed by atoms with Crippen molar-refractivity contribution < 1.29 is 21.1 Å². The Bertz CT molecular complexity index is 104. The molecule has 0 rings (SSSR count). The van der Waals surface area contributed by atoms with Crippen LogP contribution in [-0.2, 0) is 21.1 Å². The van der Waals surface area contributed by atoms with Crippen LogP contribution in [0.3, 0.4) is 0 Å². The van der Waals surface area contributed by atoms with E-state index in [1.807, 2.05) is 0 Å². The van der Waals surface area contributed by atoms with Crippen molar-refractivity contribution in [2.75, 3.05) is 0 Å². The Hall–Kier alpha value is 0.700. The topological polar surface area (TPSA) is 26.0 Å². The van der Waals surface area contributed by atoms with Gasteiger partial charge in [-0.1, -0.05) is 0 Å². The molecule has 90 valence electrons. The Morgan fingerprint density at radius 2 is 1.29 bits per heavy atom. The molecular weight excluding hydrogens is 266 g/mol. The van der Waals surface area contributed by atoms with Crippen LogP contribution in [0.4, 0.5) is 0 Å². The summed E-state index contributed by atoms with van der Waals surface area (Å²) in [5.74, 6) is 0. The molecule has 14 heavy (non-hydrogen) atoms. The number of nitrogens with two attached hydrogens (primary N) is 1. The summed E-state index contributed by atoms with van der Waals surface area (Å²) in [4.78, 5) is 0. The van der Waals surface area contributed by atoms with Crippen LogP contribution in [0, 0.1) is 0 Å². The molecule has 0 amide bonds. The van der Waals surface area contributed by atoms with Gasteiger partial charge in [0.05, 0.1) is 0 Å². The van der Waals surface area contributed by atoms with Crippen LogP contribution in [0.2, 0.25) is 0 Å².